The average molecular weight is 244 g/mol. The van der Waals surface area contributed by atoms with Crippen LogP contribution in [-0.4, -0.2) is 19.2 Å². The molecule has 0 aliphatic carbocycles. The number of nitriles is 1. The Morgan fingerprint density at radius 1 is 1.33 bits per heavy atom. The molecule has 0 spiro atoms. The summed E-state index contributed by atoms with van der Waals surface area (Å²) >= 11 is 0. The fraction of sp³-hybridized carbons (Fsp3) is 0.533. The number of ether oxygens (including phenoxy) is 1. The third-order valence-corrected chi connectivity index (χ3v) is 3.74. The van der Waals surface area contributed by atoms with E-state index in [4.69, 9.17) is 10.00 Å². The number of rotatable bonds is 2. The lowest BCUT2D eigenvalue weighted by Crippen LogP contribution is -2.50. The molecule has 3 nitrogen and oxygen atoms in total. The zero-order valence-electron chi connectivity index (χ0n) is 11.3. The van der Waals surface area contributed by atoms with Crippen molar-refractivity contribution in [3.05, 3.63) is 24.3 Å². The molecule has 0 aromatic heterocycles. The van der Waals surface area contributed by atoms with Crippen molar-refractivity contribution >= 4 is 5.69 Å². The summed E-state index contributed by atoms with van der Waals surface area (Å²) in [6.45, 7) is 5.36. The first-order chi connectivity index (χ1) is 8.56. The summed E-state index contributed by atoms with van der Waals surface area (Å²) in [4.78, 5) is 2.39. The molecular formula is C15H20N2O. The Morgan fingerprint density at radius 3 is 2.50 bits per heavy atom. The van der Waals surface area contributed by atoms with Gasteiger partial charge in [0.2, 0.25) is 0 Å². The van der Waals surface area contributed by atoms with E-state index in [1.165, 1.54) is 5.69 Å². The van der Waals surface area contributed by atoms with Crippen molar-refractivity contribution in [3.63, 3.8) is 0 Å². The van der Waals surface area contributed by atoms with E-state index in [9.17, 15) is 0 Å². The van der Waals surface area contributed by atoms with Crippen LogP contribution in [0.15, 0.2) is 24.3 Å². The standard InChI is InChI=1S/C15H20N2O/c1-15(2)10-12(11-16)8-9-17(15)13-4-6-14(18-3)7-5-13/h4-7,12H,8-10H2,1-3H3. The minimum atomic E-state index is 0.0350. The monoisotopic (exact) mass is 244 g/mol. The Hall–Kier alpha value is -1.69. The number of piperidine rings is 1. The molecule has 1 aromatic rings. The molecule has 1 aromatic carbocycles. The summed E-state index contributed by atoms with van der Waals surface area (Å²) in [6, 6.07) is 10.6. The summed E-state index contributed by atoms with van der Waals surface area (Å²) in [6.07, 6.45) is 1.88. The quantitative estimate of drug-likeness (QED) is 0.801. The van der Waals surface area contributed by atoms with Gasteiger partial charge in [-0.1, -0.05) is 0 Å². The molecular weight excluding hydrogens is 224 g/mol. The first-order valence-electron chi connectivity index (χ1n) is 6.38. The third-order valence-electron chi connectivity index (χ3n) is 3.74. The van der Waals surface area contributed by atoms with Crippen LogP contribution in [0.3, 0.4) is 0 Å². The Labute approximate surface area is 109 Å². The lowest BCUT2D eigenvalue weighted by molar-refractivity contribution is 0.315. The summed E-state index contributed by atoms with van der Waals surface area (Å²) < 4.78 is 5.18. The number of anilines is 1. The molecule has 1 unspecified atom stereocenters. The average Bonchev–Trinajstić information content (AvgIpc) is 2.38. The number of nitrogens with zero attached hydrogens (tertiary/aromatic N) is 2. The zero-order valence-corrected chi connectivity index (χ0v) is 11.3. The maximum absolute atomic E-state index is 9.06. The predicted molar refractivity (Wildman–Crippen MR) is 72.8 cm³/mol. The second-order valence-electron chi connectivity index (χ2n) is 5.48. The van der Waals surface area contributed by atoms with Gasteiger partial charge in [0.15, 0.2) is 0 Å². The van der Waals surface area contributed by atoms with Crippen LogP contribution in [0.5, 0.6) is 5.75 Å². The lowest BCUT2D eigenvalue weighted by Gasteiger charge is -2.45. The Bertz CT molecular complexity index is 445. The zero-order chi connectivity index (χ0) is 13.2. The van der Waals surface area contributed by atoms with Crippen LogP contribution in [0, 0.1) is 17.2 Å². The van der Waals surface area contributed by atoms with Crippen molar-refractivity contribution in [2.24, 2.45) is 5.92 Å². The van der Waals surface area contributed by atoms with Crippen molar-refractivity contribution < 1.29 is 4.74 Å². The highest BCUT2D eigenvalue weighted by atomic mass is 16.5. The van der Waals surface area contributed by atoms with Gasteiger partial charge in [0.05, 0.1) is 19.1 Å². The van der Waals surface area contributed by atoms with Gasteiger partial charge in [-0.25, -0.2) is 0 Å². The van der Waals surface area contributed by atoms with E-state index in [1.807, 2.05) is 12.1 Å². The number of hydrogen-bond donors (Lipinski definition) is 0. The fourth-order valence-corrected chi connectivity index (χ4v) is 2.75. The molecule has 0 saturated carbocycles. The largest absolute Gasteiger partial charge is 0.497 e. The van der Waals surface area contributed by atoms with Gasteiger partial charge in [-0.05, 0) is 51.0 Å². The van der Waals surface area contributed by atoms with Crippen LogP contribution < -0.4 is 9.64 Å². The molecule has 1 aliphatic rings. The number of hydrogen-bond acceptors (Lipinski definition) is 3. The van der Waals surface area contributed by atoms with Gasteiger partial charge < -0.3 is 9.64 Å². The molecule has 3 heteroatoms. The second kappa shape index (κ2) is 4.89. The summed E-state index contributed by atoms with van der Waals surface area (Å²) in [5, 5.41) is 9.06. The molecule has 0 bridgehead atoms. The normalized spacial score (nSPS) is 22.3. The molecule has 0 radical (unpaired) electrons. The molecule has 1 fully saturated rings. The molecule has 0 amide bonds. The first kappa shape index (κ1) is 12.8. The predicted octanol–water partition coefficient (Wildman–Crippen LogP) is 3.21. The van der Waals surface area contributed by atoms with Crippen molar-refractivity contribution in [3.8, 4) is 11.8 Å². The van der Waals surface area contributed by atoms with Crippen LogP contribution in [0.4, 0.5) is 5.69 Å². The van der Waals surface area contributed by atoms with E-state index in [0.29, 0.717) is 0 Å². The van der Waals surface area contributed by atoms with Crippen LogP contribution in [0.25, 0.3) is 0 Å². The van der Waals surface area contributed by atoms with Crippen LogP contribution in [0.1, 0.15) is 26.7 Å². The molecule has 1 saturated heterocycles. The topological polar surface area (TPSA) is 36.3 Å². The maximum atomic E-state index is 9.06. The van der Waals surface area contributed by atoms with Crippen LogP contribution >= 0.6 is 0 Å². The van der Waals surface area contributed by atoms with Crippen LogP contribution in [-0.2, 0) is 0 Å². The highest BCUT2D eigenvalue weighted by molar-refractivity contribution is 5.51. The highest BCUT2D eigenvalue weighted by Gasteiger charge is 2.34. The smallest absolute Gasteiger partial charge is 0.119 e. The van der Waals surface area contributed by atoms with Gasteiger partial charge in [-0.15, -0.1) is 0 Å². The van der Waals surface area contributed by atoms with Gasteiger partial charge in [0.25, 0.3) is 0 Å². The highest BCUT2D eigenvalue weighted by Crippen LogP contribution is 2.35. The van der Waals surface area contributed by atoms with Gasteiger partial charge >= 0.3 is 0 Å². The van der Waals surface area contributed by atoms with E-state index in [0.717, 1.165) is 25.1 Å². The lowest BCUT2D eigenvalue weighted by atomic mass is 9.83. The van der Waals surface area contributed by atoms with Gasteiger partial charge in [-0.3, -0.25) is 0 Å². The fourth-order valence-electron chi connectivity index (χ4n) is 2.75. The minimum Gasteiger partial charge on any atom is -0.497 e. The van der Waals surface area contributed by atoms with Crippen molar-refractivity contribution in [1.29, 1.82) is 5.26 Å². The molecule has 96 valence electrons. The van der Waals surface area contributed by atoms with Crippen LogP contribution in [0.2, 0.25) is 0 Å². The first-order valence-corrected chi connectivity index (χ1v) is 6.38. The molecule has 18 heavy (non-hydrogen) atoms. The summed E-state index contributed by atoms with van der Waals surface area (Å²) in [7, 11) is 1.68. The van der Waals surface area contributed by atoms with Crippen molar-refractivity contribution in [1.82, 2.24) is 0 Å². The molecule has 2 rings (SSSR count). The maximum Gasteiger partial charge on any atom is 0.119 e. The van der Waals surface area contributed by atoms with E-state index in [-0.39, 0.29) is 11.5 Å². The Kier molecular flexibility index (Phi) is 3.47. The van der Waals surface area contributed by atoms with E-state index < -0.39 is 0 Å². The number of methoxy groups -OCH3 is 1. The van der Waals surface area contributed by atoms with E-state index in [1.54, 1.807) is 7.11 Å². The number of benzene rings is 1. The minimum absolute atomic E-state index is 0.0350. The summed E-state index contributed by atoms with van der Waals surface area (Å²) in [5.74, 6) is 1.07. The van der Waals surface area contributed by atoms with E-state index in [2.05, 4.69) is 36.9 Å². The third kappa shape index (κ3) is 2.43. The Morgan fingerprint density at radius 2 is 2.00 bits per heavy atom. The summed E-state index contributed by atoms with van der Waals surface area (Å²) in [5.41, 5.74) is 1.24. The SMILES string of the molecule is COc1ccc(N2CCC(C#N)CC2(C)C)cc1. The molecule has 0 N–H and O–H groups in total. The van der Waals surface area contributed by atoms with Gasteiger partial charge in [0, 0.05) is 17.8 Å². The molecule has 1 aliphatic heterocycles. The van der Waals surface area contributed by atoms with Gasteiger partial charge in [-0.2, -0.15) is 5.26 Å². The molecule has 1 heterocycles. The van der Waals surface area contributed by atoms with Crippen molar-refractivity contribution in [2.45, 2.75) is 32.2 Å². The Balaban J connectivity index is 2.20. The second-order valence-corrected chi connectivity index (χ2v) is 5.48. The molecule has 1 atom stereocenters. The van der Waals surface area contributed by atoms with Crippen molar-refractivity contribution in [2.75, 3.05) is 18.6 Å². The van der Waals surface area contributed by atoms with E-state index >= 15 is 0 Å². The van der Waals surface area contributed by atoms with Gasteiger partial charge in [0.1, 0.15) is 5.75 Å².